The first-order valence-electron chi connectivity index (χ1n) is 11.9. The maximum atomic E-state index is 13.3. The van der Waals surface area contributed by atoms with E-state index in [4.69, 9.17) is 11.6 Å². The van der Waals surface area contributed by atoms with E-state index >= 15 is 0 Å². The fourth-order valence-electron chi connectivity index (χ4n) is 3.82. The number of carbonyl (C=O) groups excluding carboxylic acids is 1. The summed E-state index contributed by atoms with van der Waals surface area (Å²) in [6.45, 7) is 5.49. The second-order valence-electron chi connectivity index (χ2n) is 8.69. The van der Waals surface area contributed by atoms with E-state index in [1.807, 2.05) is 31.2 Å². The Labute approximate surface area is 216 Å². The van der Waals surface area contributed by atoms with Crippen molar-refractivity contribution >= 4 is 28.9 Å². The van der Waals surface area contributed by atoms with Crippen LogP contribution < -0.4 is 10.6 Å². The van der Waals surface area contributed by atoms with Crippen molar-refractivity contribution in [3.63, 3.8) is 0 Å². The van der Waals surface area contributed by atoms with E-state index in [1.54, 1.807) is 28.9 Å². The van der Waals surface area contributed by atoms with Crippen molar-refractivity contribution in [2.75, 3.05) is 23.7 Å². The number of halogens is 1. The topological polar surface area (TPSA) is 82.7 Å². The number of anilines is 2. The van der Waals surface area contributed by atoms with E-state index in [-0.39, 0.29) is 17.0 Å². The van der Waals surface area contributed by atoms with Crippen LogP contribution in [0.1, 0.15) is 45.6 Å². The molecule has 6 nitrogen and oxygen atoms in total. The summed E-state index contributed by atoms with van der Waals surface area (Å²) in [5.41, 5.74) is 4.94. The van der Waals surface area contributed by atoms with Gasteiger partial charge in [0.05, 0.1) is 5.69 Å². The molecule has 1 heterocycles. The predicted octanol–water partition coefficient (Wildman–Crippen LogP) is 6.55. The fourth-order valence-corrected chi connectivity index (χ4v) is 3.94. The monoisotopic (exact) mass is 497 g/mol. The predicted molar refractivity (Wildman–Crippen MR) is 145 cm³/mol. The molecule has 0 fully saturated rings. The van der Waals surface area contributed by atoms with Crippen molar-refractivity contribution in [1.29, 1.82) is 5.26 Å². The first kappa shape index (κ1) is 25.0. The fraction of sp³-hybridized carbons (Fsp3) is 0.207. The maximum Gasteiger partial charge on any atom is 0.214 e. The summed E-state index contributed by atoms with van der Waals surface area (Å²) in [5.74, 6) is 0.214. The Morgan fingerprint density at radius 1 is 0.889 bits per heavy atom. The molecular weight excluding hydrogens is 470 g/mol. The minimum absolute atomic E-state index is 0.125. The number of nitrogens with one attached hydrogen (secondary N) is 2. The van der Waals surface area contributed by atoms with Gasteiger partial charge in [0.15, 0.2) is 5.69 Å². The van der Waals surface area contributed by atoms with Gasteiger partial charge in [0.2, 0.25) is 5.78 Å². The van der Waals surface area contributed by atoms with Crippen LogP contribution in [-0.2, 0) is 0 Å². The van der Waals surface area contributed by atoms with Gasteiger partial charge in [0.1, 0.15) is 17.5 Å². The molecule has 0 aliphatic rings. The maximum absolute atomic E-state index is 13.3. The van der Waals surface area contributed by atoms with Gasteiger partial charge in [0.25, 0.3) is 0 Å². The summed E-state index contributed by atoms with van der Waals surface area (Å²) in [5, 5.41) is 21.9. The van der Waals surface area contributed by atoms with Crippen molar-refractivity contribution in [2.24, 2.45) is 0 Å². The molecule has 7 heteroatoms. The number of hydrogen-bond donors (Lipinski definition) is 2. The minimum atomic E-state index is -0.287. The summed E-state index contributed by atoms with van der Waals surface area (Å²) in [7, 11) is 0. The lowest BCUT2D eigenvalue weighted by molar-refractivity contribution is 0.103. The van der Waals surface area contributed by atoms with Crippen LogP contribution in [-0.4, -0.2) is 28.7 Å². The molecule has 0 amide bonds. The van der Waals surface area contributed by atoms with Crippen molar-refractivity contribution in [3.05, 3.63) is 106 Å². The first-order valence-corrected chi connectivity index (χ1v) is 12.3. The first-order chi connectivity index (χ1) is 17.5. The molecule has 0 atom stereocenters. The highest BCUT2D eigenvalue weighted by atomic mass is 35.5. The Morgan fingerprint density at radius 3 is 2.08 bits per heavy atom. The lowest BCUT2D eigenvalue weighted by atomic mass is 10.0. The molecule has 0 saturated heterocycles. The number of carbonyl (C=O) groups is 1. The van der Waals surface area contributed by atoms with Crippen LogP contribution in [0.4, 0.5) is 11.5 Å². The average molecular weight is 498 g/mol. The van der Waals surface area contributed by atoms with Gasteiger partial charge in [-0.25, -0.2) is 4.68 Å². The molecular formula is C29H28ClN5O. The summed E-state index contributed by atoms with van der Waals surface area (Å²) in [6.07, 6.45) is 1.81. The van der Waals surface area contributed by atoms with E-state index in [2.05, 4.69) is 53.0 Å². The van der Waals surface area contributed by atoms with E-state index < -0.39 is 0 Å². The second kappa shape index (κ2) is 11.6. The molecule has 0 spiro atoms. The molecule has 4 aromatic rings. The zero-order valence-electron chi connectivity index (χ0n) is 20.4. The molecule has 0 aliphatic carbocycles. The van der Waals surface area contributed by atoms with Gasteiger partial charge >= 0.3 is 0 Å². The Bertz CT molecular complexity index is 1370. The quantitative estimate of drug-likeness (QED) is 0.192. The molecule has 2 N–H and O–H groups in total. The summed E-state index contributed by atoms with van der Waals surface area (Å²) >= 11 is 6.07. The average Bonchev–Trinajstić information content (AvgIpc) is 3.26. The molecule has 36 heavy (non-hydrogen) atoms. The van der Waals surface area contributed by atoms with Crippen LogP contribution in [0.3, 0.4) is 0 Å². The van der Waals surface area contributed by atoms with Crippen molar-refractivity contribution in [3.8, 4) is 11.8 Å². The molecule has 0 radical (unpaired) electrons. The minimum Gasteiger partial charge on any atom is -0.385 e. The Morgan fingerprint density at radius 2 is 1.47 bits per heavy atom. The Kier molecular flexibility index (Phi) is 8.04. The van der Waals surface area contributed by atoms with Crippen LogP contribution in [0.2, 0.25) is 5.02 Å². The number of benzene rings is 3. The number of ketones is 1. The Hall–Kier alpha value is -4.08. The smallest absolute Gasteiger partial charge is 0.214 e. The van der Waals surface area contributed by atoms with Crippen LogP contribution in [0, 0.1) is 25.2 Å². The van der Waals surface area contributed by atoms with E-state index in [0.717, 1.165) is 30.6 Å². The standard InChI is InChI=1S/C29H28ClN5O/c1-20-5-9-22(10-6-20)28(36)27-26(19-31)29(35(34-27)25-15-11-23(30)12-16-25)33-18-4-3-17-32-24-13-7-21(2)8-14-24/h5-16,32-33H,3-4,17-18H2,1-2H3. The molecule has 4 rings (SSSR count). The highest BCUT2D eigenvalue weighted by Gasteiger charge is 2.25. The van der Waals surface area contributed by atoms with Crippen molar-refractivity contribution in [2.45, 2.75) is 26.7 Å². The highest BCUT2D eigenvalue weighted by Crippen LogP contribution is 2.26. The summed E-state index contributed by atoms with van der Waals surface area (Å²) in [4.78, 5) is 13.3. The van der Waals surface area contributed by atoms with Gasteiger partial charge in [-0.1, -0.05) is 59.1 Å². The number of aryl methyl sites for hydroxylation is 2. The van der Waals surface area contributed by atoms with Gasteiger partial charge in [-0.2, -0.15) is 10.4 Å². The summed E-state index contributed by atoms with van der Waals surface area (Å²) in [6, 6.07) is 24.9. The molecule has 1 aromatic heterocycles. The number of rotatable bonds is 10. The number of nitrogens with zero attached hydrogens (tertiary/aromatic N) is 3. The Balaban J connectivity index is 1.52. The van der Waals surface area contributed by atoms with Gasteiger partial charge < -0.3 is 10.6 Å². The van der Waals surface area contributed by atoms with Gasteiger partial charge in [-0.15, -0.1) is 0 Å². The zero-order valence-corrected chi connectivity index (χ0v) is 21.1. The van der Waals surface area contributed by atoms with E-state index in [1.165, 1.54) is 5.56 Å². The number of aromatic nitrogens is 2. The molecule has 0 aliphatic heterocycles. The van der Waals surface area contributed by atoms with Crippen LogP contribution in [0.25, 0.3) is 5.69 Å². The number of hydrogen-bond acceptors (Lipinski definition) is 5. The van der Waals surface area contributed by atoms with Crippen LogP contribution in [0.5, 0.6) is 0 Å². The van der Waals surface area contributed by atoms with E-state index in [9.17, 15) is 10.1 Å². The van der Waals surface area contributed by atoms with Gasteiger partial charge in [0, 0.05) is 29.4 Å². The highest BCUT2D eigenvalue weighted by molar-refractivity contribution is 6.30. The zero-order chi connectivity index (χ0) is 25.5. The third-order valence-electron chi connectivity index (χ3n) is 5.87. The number of unbranched alkanes of at least 4 members (excludes halogenated alkanes) is 1. The van der Waals surface area contributed by atoms with Crippen molar-refractivity contribution in [1.82, 2.24) is 9.78 Å². The molecule has 182 valence electrons. The number of nitriles is 1. The largest absolute Gasteiger partial charge is 0.385 e. The summed E-state index contributed by atoms with van der Waals surface area (Å²) < 4.78 is 1.61. The molecule has 0 unspecified atom stereocenters. The van der Waals surface area contributed by atoms with Gasteiger partial charge in [-0.05, 0) is 63.1 Å². The second-order valence-corrected chi connectivity index (χ2v) is 9.13. The third-order valence-corrected chi connectivity index (χ3v) is 6.13. The van der Waals surface area contributed by atoms with E-state index in [0.29, 0.717) is 28.6 Å². The molecule has 0 bridgehead atoms. The molecule has 0 saturated carbocycles. The van der Waals surface area contributed by atoms with Crippen LogP contribution >= 0.6 is 11.6 Å². The van der Waals surface area contributed by atoms with Crippen LogP contribution in [0.15, 0.2) is 72.8 Å². The SMILES string of the molecule is Cc1ccc(NCCCCNc2c(C#N)c(C(=O)c3ccc(C)cc3)nn2-c2ccc(Cl)cc2)cc1. The van der Waals surface area contributed by atoms with Gasteiger partial charge in [-0.3, -0.25) is 4.79 Å². The normalized spacial score (nSPS) is 10.6. The lowest BCUT2D eigenvalue weighted by Crippen LogP contribution is -2.10. The van der Waals surface area contributed by atoms with Crippen molar-refractivity contribution < 1.29 is 4.79 Å². The lowest BCUT2D eigenvalue weighted by Gasteiger charge is -2.11. The molecule has 3 aromatic carbocycles. The third kappa shape index (κ3) is 5.94.